The number of rotatable bonds is 1. The lowest BCUT2D eigenvalue weighted by Crippen LogP contribution is -1.88. The van der Waals surface area contributed by atoms with Crippen molar-refractivity contribution in [1.29, 1.82) is 0 Å². The number of aliphatic hydroxyl groups is 1. The third kappa shape index (κ3) is 1.65. The Balaban J connectivity index is 3.39. The summed E-state index contributed by atoms with van der Waals surface area (Å²) in [5.41, 5.74) is 1.43. The zero-order valence-electron chi connectivity index (χ0n) is 6.43. The van der Waals surface area contributed by atoms with E-state index in [2.05, 4.69) is 31.9 Å². The van der Waals surface area contributed by atoms with Crippen LogP contribution >= 0.6 is 31.9 Å². The van der Waals surface area contributed by atoms with Crippen molar-refractivity contribution in [2.24, 2.45) is 0 Å². The van der Waals surface area contributed by atoms with Crippen LogP contribution in [0.1, 0.15) is 11.1 Å². The molecule has 0 bridgehead atoms. The first-order valence-corrected chi connectivity index (χ1v) is 4.93. The van der Waals surface area contributed by atoms with Crippen molar-refractivity contribution < 1.29 is 10.2 Å². The predicted octanol–water partition coefficient (Wildman–Crippen LogP) is 2.72. The molecule has 0 aliphatic carbocycles. The molecule has 0 aromatic heterocycles. The number of halogens is 2. The zero-order chi connectivity index (χ0) is 9.30. The van der Waals surface area contributed by atoms with Crippen LogP contribution in [0.4, 0.5) is 0 Å². The first kappa shape index (κ1) is 10.0. The van der Waals surface area contributed by atoms with Crippen molar-refractivity contribution in [2.75, 3.05) is 0 Å². The van der Waals surface area contributed by atoms with Crippen LogP contribution in [0.3, 0.4) is 0 Å². The van der Waals surface area contributed by atoms with Gasteiger partial charge in [0.25, 0.3) is 0 Å². The fourth-order valence-electron chi connectivity index (χ4n) is 0.874. The summed E-state index contributed by atoms with van der Waals surface area (Å²) in [6.45, 7) is 1.71. The van der Waals surface area contributed by atoms with Crippen LogP contribution in [0.5, 0.6) is 5.75 Å². The summed E-state index contributed by atoms with van der Waals surface area (Å²) in [5.74, 6) is 0.109. The van der Waals surface area contributed by atoms with Crippen LogP contribution in [0, 0.1) is 6.92 Å². The maximum atomic E-state index is 9.48. The quantitative estimate of drug-likeness (QED) is 0.836. The fraction of sp³-hybridized carbons (Fsp3) is 0.250. The number of hydrogen-bond acceptors (Lipinski definition) is 2. The zero-order valence-corrected chi connectivity index (χ0v) is 9.61. The second kappa shape index (κ2) is 3.77. The lowest BCUT2D eigenvalue weighted by molar-refractivity contribution is 0.275. The van der Waals surface area contributed by atoms with Crippen molar-refractivity contribution in [1.82, 2.24) is 0 Å². The van der Waals surface area contributed by atoms with E-state index in [9.17, 15) is 5.11 Å². The predicted molar refractivity (Wildman–Crippen MR) is 54.2 cm³/mol. The summed E-state index contributed by atoms with van der Waals surface area (Å²) < 4.78 is 1.50. The Morgan fingerprint density at radius 2 is 2.00 bits per heavy atom. The topological polar surface area (TPSA) is 40.5 Å². The molecular weight excluding hydrogens is 288 g/mol. The number of phenols is 1. The van der Waals surface area contributed by atoms with Gasteiger partial charge in [-0.25, -0.2) is 0 Å². The standard InChI is InChI=1S/C8H8Br2O2/c1-4-6(9)2-5(3-11)8(12)7(4)10/h2,11-12H,3H2,1H3. The molecule has 66 valence electrons. The molecule has 0 heterocycles. The largest absolute Gasteiger partial charge is 0.506 e. The lowest BCUT2D eigenvalue weighted by Gasteiger charge is -2.08. The number of hydrogen-bond donors (Lipinski definition) is 2. The summed E-state index contributed by atoms with van der Waals surface area (Å²) in [4.78, 5) is 0. The Hall–Kier alpha value is -0.0600. The molecule has 0 saturated heterocycles. The Labute approximate surface area is 87.5 Å². The molecule has 2 N–H and O–H groups in total. The summed E-state index contributed by atoms with van der Waals surface area (Å²) in [5, 5.41) is 18.3. The molecule has 2 nitrogen and oxygen atoms in total. The van der Waals surface area contributed by atoms with Crippen molar-refractivity contribution in [3.8, 4) is 5.75 Å². The van der Waals surface area contributed by atoms with Gasteiger partial charge >= 0.3 is 0 Å². The Morgan fingerprint density at radius 1 is 1.42 bits per heavy atom. The van der Waals surface area contributed by atoms with Gasteiger partial charge in [-0.3, -0.25) is 0 Å². The highest BCUT2D eigenvalue weighted by Crippen LogP contribution is 2.35. The molecule has 1 aromatic carbocycles. The summed E-state index contributed by atoms with van der Waals surface area (Å²) >= 11 is 6.55. The van der Waals surface area contributed by atoms with E-state index in [1.165, 1.54) is 0 Å². The average Bonchev–Trinajstić information content (AvgIpc) is 2.08. The van der Waals surface area contributed by atoms with E-state index in [0.717, 1.165) is 10.0 Å². The Bertz CT molecular complexity index is 310. The van der Waals surface area contributed by atoms with E-state index >= 15 is 0 Å². The second-order valence-electron chi connectivity index (χ2n) is 2.46. The molecular formula is C8H8Br2O2. The average molecular weight is 296 g/mol. The lowest BCUT2D eigenvalue weighted by atomic mass is 10.1. The molecule has 0 amide bonds. The van der Waals surface area contributed by atoms with E-state index < -0.39 is 0 Å². The summed E-state index contributed by atoms with van der Waals surface area (Å²) in [7, 11) is 0. The molecule has 1 rings (SSSR count). The van der Waals surface area contributed by atoms with Crippen molar-refractivity contribution in [3.63, 3.8) is 0 Å². The third-order valence-corrected chi connectivity index (χ3v) is 3.46. The molecule has 0 unspecified atom stereocenters. The van der Waals surface area contributed by atoms with E-state index in [-0.39, 0.29) is 12.4 Å². The van der Waals surface area contributed by atoms with Gasteiger partial charge in [-0.2, -0.15) is 0 Å². The molecule has 0 aliphatic rings. The van der Waals surface area contributed by atoms with Gasteiger partial charge in [-0.05, 0) is 34.5 Å². The monoisotopic (exact) mass is 294 g/mol. The number of benzene rings is 1. The van der Waals surface area contributed by atoms with Gasteiger partial charge in [0.1, 0.15) is 5.75 Å². The van der Waals surface area contributed by atoms with E-state index in [1.54, 1.807) is 6.07 Å². The van der Waals surface area contributed by atoms with Crippen molar-refractivity contribution in [2.45, 2.75) is 13.5 Å². The Morgan fingerprint density at radius 3 is 2.50 bits per heavy atom. The van der Waals surface area contributed by atoms with Gasteiger partial charge in [-0.1, -0.05) is 15.9 Å². The van der Waals surface area contributed by atoms with Gasteiger partial charge in [-0.15, -0.1) is 0 Å². The molecule has 0 atom stereocenters. The maximum Gasteiger partial charge on any atom is 0.135 e. The normalized spacial score (nSPS) is 10.3. The summed E-state index contributed by atoms with van der Waals surface area (Å²) in [6, 6.07) is 1.70. The molecule has 0 fully saturated rings. The smallest absolute Gasteiger partial charge is 0.135 e. The van der Waals surface area contributed by atoms with E-state index in [4.69, 9.17) is 5.11 Å². The minimum atomic E-state index is -0.163. The SMILES string of the molecule is Cc1c(Br)cc(CO)c(O)c1Br. The first-order valence-electron chi connectivity index (χ1n) is 3.35. The van der Waals surface area contributed by atoms with Crippen LogP contribution in [0.2, 0.25) is 0 Å². The Kier molecular flexibility index (Phi) is 3.15. The van der Waals surface area contributed by atoms with Crippen molar-refractivity contribution >= 4 is 31.9 Å². The molecule has 12 heavy (non-hydrogen) atoms. The van der Waals surface area contributed by atoms with Crippen LogP contribution < -0.4 is 0 Å². The molecule has 4 heteroatoms. The number of aliphatic hydroxyl groups excluding tert-OH is 1. The minimum absolute atomic E-state index is 0.109. The van der Waals surface area contributed by atoms with Gasteiger partial charge in [0.2, 0.25) is 0 Å². The highest BCUT2D eigenvalue weighted by molar-refractivity contribution is 9.11. The number of aromatic hydroxyl groups is 1. The molecule has 0 spiro atoms. The molecule has 0 saturated carbocycles. The maximum absolute atomic E-state index is 9.48. The van der Waals surface area contributed by atoms with Crippen LogP contribution in [0.25, 0.3) is 0 Å². The van der Waals surface area contributed by atoms with Crippen molar-refractivity contribution in [3.05, 3.63) is 26.1 Å². The van der Waals surface area contributed by atoms with Crippen LogP contribution in [-0.4, -0.2) is 10.2 Å². The summed E-state index contributed by atoms with van der Waals surface area (Å²) in [6.07, 6.45) is 0. The van der Waals surface area contributed by atoms with Gasteiger partial charge < -0.3 is 10.2 Å². The van der Waals surface area contributed by atoms with Gasteiger partial charge in [0.05, 0.1) is 11.1 Å². The van der Waals surface area contributed by atoms with Gasteiger partial charge in [0, 0.05) is 10.0 Å². The van der Waals surface area contributed by atoms with Crippen LogP contribution in [0.15, 0.2) is 15.0 Å². The van der Waals surface area contributed by atoms with Gasteiger partial charge in [0.15, 0.2) is 0 Å². The second-order valence-corrected chi connectivity index (χ2v) is 4.11. The highest BCUT2D eigenvalue weighted by Gasteiger charge is 2.10. The highest BCUT2D eigenvalue weighted by atomic mass is 79.9. The van der Waals surface area contributed by atoms with E-state index in [1.807, 2.05) is 6.92 Å². The minimum Gasteiger partial charge on any atom is -0.506 e. The molecule has 0 aliphatic heterocycles. The third-order valence-electron chi connectivity index (χ3n) is 1.67. The molecule has 0 radical (unpaired) electrons. The molecule has 1 aromatic rings. The van der Waals surface area contributed by atoms with Crippen LogP contribution in [-0.2, 0) is 6.61 Å². The fourth-order valence-corrected chi connectivity index (χ4v) is 2.08. The first-order chi connectivity index (χ1) is 5.57. The van der Waals surface area contributed by atoms with E-state index in [0.29, 0.717) is 10.0 Å².